The Bertz CT molecular complexity index is 648. The fourth-order valence-corrected chi connectivity index (χ4v) is 1.62. The zero-order valence-electron chi connectivity index (χ0n) is 12.5. The van der Waals surface area contributed by atoms with Gasteiger partial charge in [-0.1, -0.05) is 18.2 Å². The van der Waals surface area contributed by atoms with E-state index in [1.807, 2.05) is 25.1 Å². The van der Waals surface area contributed by atoms with Crippen LogP contribution in [0.1, 0.15) is 22.8 Å². The second kappa shape index (κ2) is 8.36. The number of ether oxygens (including phenoxy) is 1. The zero-order valence-corrected chi connectivity index (χ0v) is 12.5. The van der Waals surface area contributed by atoms with E-state index in [0.29, 0.717) is 11.4 Å². The first kappa shape index (κ1) is 17.1. The van der Waals surface area contributed by atoms with E-state index < -0.39 is 5.97 Å². The van der Waals surface area contributed by atoms with Crippen molar-refractivity contribution in [2.45, 2.75) is 6.92 Å². The van der Waals surface area contributed by atoms with Crippen molar-refractivity contribution in [1.82, 2.24) is 0 Å². The first-order chi connectivity index (χ1) is 10.5. The van der Waals surface area contributed by atoms with E-state index in [-0.39, 0.29) is 11.3 Å². The molecule has 4 N–H and O–H groups in total. The van der Waals surface area contributed by atoms with E-state index in [4.69, 9.17) is 15.6 Å². The number of anilines is 1. The zero-order chi connectivity index (χ0) is 16.5. The number of carbonyl (C=O) groups is 1. The van der Waals surface area contributed by atoms with E-state index in [2.05, 4.69) is 0 Å². The summed E-state index contributed by atoms with van der Waals surface area (Å²) in [6.07, 6.45) is 3.88. The van der Waals surface area contributed by atoms with Crippen molar-refractivity contribution >= 4 is 17.7 Å². The van der Waals surface area contributed by atoms with Crippen LogP contribution in [0.15, 0.2) is 48.5 Å². The molecule has 0 radical (unpaired) electrons. The number of benzene rings is 2. The average Bonchev–Trinajstić information content (AvgIpc) is 2.50. The SMILES string of the molecule is CC=Cc1ccc(O)c(OC)c1.Nc1ccc(C(=O)O)cc1. The molecule has 0 heterocycles. The third-order valence-corrected chi connectivity index (χ3v) is 2.72. The van der Waals surface area contributed by atoms with E-state index in [0.717, 1.165) is 5.56 Å². The highest BCUT2D eigenvalue weighted by Crippen LogP contribution is 2.26. The van der Waals surface area contributed by atoms with Gasteiger partial charge >= 0.3 is 5.97 Å². The van der Waals surface area contributed by atoms with Crippen molar-refractivity contribution in [3.63, 3.8) is 0 Å². The molecule has 0 aromatic heterocycles. The van der Waals surface area contributed by atoms with Gasteiger partial charge in [-0.3, -0.25) is 0 Å². The molecule has 0 saturated heterocycles. The Morgan fingerprint density at radius 1 is 1.18 bits per heavy atom. The minimum absolute atomic E-state index is 0.172. The Labute approximate surface area is 129 Å². The fraction of sp³-hybridized carbons (Fsp3) is 0.118. The molecule has 0 fully saturated rings. The molecule has 0 spiro atoms. The minimum Gasteiger partial charge on any atom is -0.504 e. The molecule has 0 saturated carbocycles. The number of carboxylic acid groups (broad SMARTS) is 1. The topological polar surface area (TPSA) is 92.8 Å². The molecule has 0 aliphatic rings. The largest absolute Gasteiger partial charge is 0.504 e. The number of carboxylic acids is 1. The third-order valence-electron chi connectivity index (χ3n) is 2.72. The molecule has 0 atom stereocenters. The summed E-state index contributed by atoms with van der Waals surface area (Å²) >= 11 is 0. The van der Waals surface area contributed by atoms with Gasteiger partial charge in [-0.05, 0) is 48.9 Å². The normalized spacial score (nSPS) is 9.91. The summed E-state index contributed by atoms with van der Waals surface area (Å²) in [6, 6.07) is 11.3. The van der Waals surface area contributed by atoms with Gasteiger partial charge in [0.25, 0.3) is 0 Å². The van der Waals surface area contributed by atoms with E-state index in [1.54, 1.807) is 24.3 Å². The highest BCUT2D eigenvalue weighted by Gasteiger charge is 1.99. The lowest BCUT2D eigenvalue weighted by Gasteiger charge is -2.03. The van der Waals surface area contributed by atoms with Crippen LogP contribution in [0.2, 0.25) is 0 Å². The van der Waals surface area contributed by atoms with Crippen LogP contribution in [-0.2, 0) is 0 Å². The predicted octanol–water partition coefficient (Wildman–Crippen LogP) is 3.40. The van der Waals surface area contributed by atoms with Crippen LogP contribution >= 0.6 is 0 Å². The summed E-state index contributed by atoms with van der Waals surface area (Å²) in [7, 11) is 1.54. The molecule has 0 unspecified atom stereocenters. The number of aromatic carboxylic acids is 1. The first-order valence-electron chi connectivity index (χ1n) is 6.56. The molecule has 0 bridgehead atoms. The number of methoxy groups -OCH3 is 1. The summed E-state index contributed by atoms with van der Waals surface area (Å²) in [4.78, 5) is 10.3. The third kappa shape index (κ3) is 5.20. The van der Waals surface area contributed by atoms with Crippen LogP contribution in [0, 0.1) is 0 Å². The maximum atomic E-state index is 10.3. The molecule has 0 amide bonds. The monoisotopic (exact) mass is 301 g/mol. The Kier molecular flexibility index (Phi) is 6.50. The summed E-state index contributed by atoms with van der Waals surface area (Å²) in [5.74, 6) is -0.253. The van der Waals surface area contributed by atoms with Crippen molar-refractivity contribution in [1.29, 1.82) is 0 Å². The molecule has 2 aromatic carbocycles. The van der Waals surface area contributed by atoms with Gasteiger partial charge in [0, 0.05) is 5.69 Å². The lowest BCUT2D eigenvalue weighted by molar-refractivity contribution is 0.0697. The van der Waals surface area contributed by atoms with Crippen molar-refractivity contribution in [2.75, 3.05) is 12.8 Å². The highest BCUT2D eigenvalue weighted by atomic mass is 16.5. The number of phenols is 1. The summed E-state index contributed by atoms with van der Waals surface area (Å²) in [6.45, 7) is 1.94. The molecular weight excluding hydrogens is 282 g/mol. The number of phenolic OH excluding ortho intramolecular Hbond substituents is 1. The van der Waals surface area contributed by atoms with Gasteiger partial charge < -0.3 is 20.7 Å². The highest BCUT2D eigenvalue weighted by molar-refractivity contribution is 5.87. The van der Waals surface area contributed by atoms with Crippen molar-refractivity contribution < 1.29 is 19.7 Å². The standard InChI is InChI=1S/C10H12O2.C7H7NO2/c1-3-4-8-5-6-9(11)10(7-8)12-2;8-6-3-1-5(2-4-6)7(9)10/h3-7,11H,1-2H3;1-4H,8H2,(H,9,10). The van der Waals surface area contributed by atoms with Crippen LogP contribution in [0.4, 0.5) is 5.69 Å². The van der Waals surface area contributed by atoms with E-state index in [1.165, 1.54) is 19.2 Å². The average molecular weight is 301 g/mol. The molecule has 0 aliphatic carbocycles. The van der Waals surface area contributed by atoms with Crippen molar-refractivity contribution in [3.8, 4) is 11.5 Å². The Morgan fingerprint density at radius 3 is 2.32 bits per heavy atom. The summed E-state index contributed by atoms with van der Waals surface area (Å²) < 4.78 is 4.95. The number of allylic oxidation sites excluding steroid dienone is 1. The van der Waals surface area contributed by atoms with Gasteiger partial charge in [-0.2, -0.15) is 0 Å². The quantitative estimate of drug-likeness (QED) is 0.755. The molecule has 22 heavy (non-hydrogen) atoms. The number of rotatable bonds is 3. The molecule has 2 aromatic rings. The smallest absolute Gasteiger partial charge is 0.335 e. The molecular formula is C17H19NO4. The summed E-state index contributed by atoms with van der Waals surface area (Å²) in [5.41, 5.74) is 7.19. The maximum Gasteiger partial charge on any atom is 0.335 e. The van der Waals surface area contributed by atoms with E-state index in [9.17, 15) is 9.90 Å². The van der Waals surface area contributed by atoms with Gasteiger partial charge in [-0.15, -0.1) is 0 Å². The van der Waals surface area contributed by atoms with Gasteiger partial charge in [-0.25, -0.2) is 4.79 Å². The van der Waals surface area contributed by atoms with Crippen LogP contribution < -0.4 is 10.5 Å². The van der Waals surface area contributed by atoms with Crippen LogP contribution in [-0.4, -0.2) is 23.3 Å². The molecule has 5 nitrogen and oxygen atoms in total. The van der Waals surface area contributed by atoms with Crippen LogP contribution in [0.25, 0.3) is 6.08 Å². The van der Waals surface area contributed by atoms with Gasteiger partial charge in [0.05, 0.1) is 12.7 Å². The number of hydrogen-bond acceptors (Lipinski definition) is 4. The van der Waals surface area contributed by atoms with Crippen molar-refractivity contribution in [3.05, 3.63) is 59.7 Å². The minimum atomic E-state index is -0.931. The molecule has 2 rings (SSSR count). The van der Waals surface area contributed by atoms with Crippen LogP contribution in [0.3, 0.4) is 0 Å². The number of hydrogen-bond donors (Lipinski definition) is 3. The predicted molar refractivity (Wildman–Crippen MR) is 87.2 cm³/mol. The Morgan fingerprint density at radius 2 is 1.82 bits per heavy atom. The molecule has 5 heteroatoms. The lowest BCUT2D eigenvalue weighted by atomic mass is 10.2. The fourth-order valence-electron chi connectivity index (χ4n) is 1.62. The second-order valence-corrected chi connectivity index (χ2v) is 4.36. The van der Waals surface area contributed by atoms with Crippen LogP contribution in [0.5, 0.6) is 11.5 Å². The molecule has 116 valence electrons. The Hall–Kier alpha value is -2.95. The number of nitrogens with two attached hydrogens (primary N) is 1. The van der Waals surface area contributed by atoms with Gasteiger partial charge in [0.1, 0.15) is 0 Å². The molecule has 0 aliphatic heterocycles. The first-order valence-corrected chi connectivity index (χ1v) is 6.56. The van der Waals surface area contributed by atoms with E-state index >= 15 is 0 Å². The lowest BCUT2D eigenvalue weighted by Crippen LogP contribution is -1.95. The Balaban J connectivity index is 0.000000224. The van der Waals surface area contributed by atoms with Gasteiger partial charge in [0.2, 0.25) is 0 Å². The van der Waals surface area contributed by atoms with Gasteiger partial charge in [0.15, 0.2) is 11.5 Å². The maximum absolute atomic E-state index is 10.3. The summed E-state index contributed by atoms with van der Waals surface area (Å²) in [5, 5.41) is 17.7. The second-order valence-electron chi connectivity index (χ2n) is 4.36. The number of aromatic hydroxyl groups is 1. The van der Waals surface area contributed by atoms with Crippen molar-refractivity contribution in [2.24, 2.45) is 0 Å². The number of nitrogen functional groups attached to an aromatic ring is 1.